The minimum atomic E-state index is -4.67. The lowest BCUT2D eigenvalue weighted by Crippen LogP contribution is -2.77. The third kappa shape index (κ3) is 5.67. The van der Waals surface area contributed by atoms with Gasteiger partial charge >= 0.3 is 7.75 Å². The molecule has 4 aromatic rings. The van der Waals surface area contributed by atoms with Crippen LogP contribution in [0, 0.1) is 5.41 Å². The van der Waals surface area contributed by atoms with Gasteiger partial charge in [-0.2, -0.15) is 5.25 Å². The van der Waals surface area contributed by atoms with Crippen LogP contribution in [0.5, 0.6) is 0 Å². The first-order chi connectivity index (χ1) is 20.5. The summed E-state index contributed by atoms with van der Waals surface area (Å²) in [6, 6.07) is 8.59. The molecule has 0 saturated carbocycles. The number of hydrogen-bond acceptors (Lipinski definition) is 10. The Morgan fingerprint density at radius 3 is 2.79 bits per heavy atom. The maximum atomic E-state index is 14.0. The summed E-state index contributed by atoms with van der Waals surface area (Å²) in [5.41, 5.74) is 4.61. The summed E-state index contributed by atoms with van der Waals surface area (Å²) in [6.45, 7) is 4.47. The Balaban J connectivity index is 1.43. The van der Waals surface area contributed by atoms with Crippen molar-refractivity contribution in [1.29, 1.82) is 0 Å². The van der Waals surface area contributed by atoms with E-state index in [1.54, 1.807) is 66.0 Å². The SMILES string of the molecule is Cn1cc(-c2cccc(N3CCc4c(sc5c4CC(C)(C)C5)C3=O)c2COP(=O)([O-])[NH2+]O)cc(Nc2ccncn2)c1=O. The van der Waals surface area contributed by atoms with Gasteiger partial charge in [0.25, 0.3) is 11.5 Å². The molecule has 224 valence electrons. The van der Waals surface area contributed by atoms with Crippen LogP contribution in [-0.2, 0) is 42.0 Å². The number of benzene rings is 1. The average Bonchev–Trinajstić information content (AvgIpc) is 3.47. The molecule has 14 heteroatoms. The molecule has 1 aromatic carbocycles. The third-order valence-corrected chi connectivity index (χ3v) is 9.86. The molecule has 4 N–H and O–H groups in total. The number of amides is 1. The van der Waals surface area contributed by atoms with Crippen molar-refractivity contribution in [1.82, 2.24) is 14.5 Å². The van der Waals surface area contributed by atoms with E-state index in [0.29, 0.717) is 41.2 Å². The zero-order valence-electron chi connectivity index (χ0n) is 23.9. The van der Waals surface area contributed by atoms with Crippen LogP contribution in [0.25, 0.3) is 11.1 Å². The van der Waals surface area contributed by atoms with Gasteiger partial charge in [0.05, 0.1) is 17.2 Å². The molecule has 0 bridgehead atoms. The van der Waals surface area contributed by atoms with Gasteiger partial charge in [-0.05, 0) is 59.6 Å². The van der Waals surface area contributed by atoms with E-state index in [0.717, 1.165) is 23.3 Å². The fourth-order valence-corrected chi connectivity index (χ4v) is 7.83. The van der Waals surface area contributed by atoms with Crippen LogP contribution >= 0.6 is 19.1 Å². The van der Waals surface area contributed by atoms with E-state index < -0.39 is 14.4 Å². The first-order valence-corrected chi connectivity index (χ1v) is 16.1. The van der Waals surface area contributed by atoms with Crippen LogP contribution in [0.1, 0.15) is 45.1 Å². The van der Waals surface area contributed by atoms with Crippen molar-refractivity contribution in [2.24, 2.45) is 12.5 Å². The molecule has 3 aromatic heterocycles. The number of aryl methyl sites for hydroxylation is 1. The quantitative estimate of drug-likeness (QED) is 0.198. The second kappa shape index (κ2) is 11.1. The van der Waals surface area contributed by atoms with Gasteiger partial charge in [0.15, 0.2) is 0 Å². The summed E-state index contributed by atoms with van der Waals surface area (Å²) in [7, 11) is -3.06. The van der Waals surface area contributed by atoms with Crippen molar-refractivity contribution in [2.45, 2.75) is 39.7 Å². The van der Waals surface area contributed by atoms with Crippen molar-refractivity contribution in [3.63, 3.8) is 0 Å². The van der Waals surface area contributed by atoms with Crippen molar-refractivity contribution >= 4 is 42.2 Å². The summed E-state index contributed by atoms with van der Waals surface area (Å²) in [5.74, 6) is 0.288. The van der Waals surface area contributed by atoms with Crippen LogP contribution in [0.15, 0.2) is 53.8 Å². The molecule has 1 unspecified atom stereocenters. The molecule has 0 saturated heterocycles. The van der Waals surface area contributed by atoms with E-state index in [1.807, 2.05) is 0 Å². The zero-order valence-corrected chi connectivity index (χ0v) is 25.6. The Hall–Kier alpha value is -3.71. The van der Waals surface area contributed by atoms with Crippen molar-refractivity contribution in [2.75, 3.05) is 16.8 Å². The number of thiophene rings is 1. The van der Waals surface area contributed by atoms with E-state index in [-0.39, 0.29) is 27.8 Å². The number of fused-ring (bicyclic) bond motifs is 3. The number of nitrogens with one attached hydrogen (secondary N) is 1. The Morgan fingerprint density at radius 2 is 2.05 bits per heavy atom. The Kier molecular flexibility index (Phi) is 7.57. The second-order valence-electron chi connectivity index (χ2n) is 11.5. The van der Waals surface area contributed by atoms with Gasteiger partial charge in [0.2, 0.25) is 0 Å². The summed E-state index contributed by atoms with van der Waals surface area (Å²) in [6.07, 6.45) is 7.11. The average molecular weight is 623 g/mol. The number of carbonyl (C=O) groups excluding carboxylic acids is 1. The normalized spacial score (nSPS) is 17.0. The molecule has 4 heterocycles. The number of nitrogens with two attached hydrogens (primary N) is 1. The van der Waals surface area contributed by atoms with Crippen LogP contribution in [0.3, 0.4) is 0 Å². The maximum Gasteiger partial charge on any atom is 0.357 e. The van der Waals surface area contributed by atoms with E-state index >= 15 is 0 Å². The fourth-order valence-electron chi connectivity index (χ4n) is 5.88. The van der Waals surface area contributed by atoms with E-state index in [1.165, 1.54) is 21.3 Å². The Morgan fingerprint density at radius 1 is 1.23 bits per heavy atom. The number of rotatable bonds is 8. The first-order valence-electron chi connectivity index (χ1n) is 13.7. The lowest BCUT2D eigenvalue weighted by Gasteiger charge is -2.31. The molecule has 1 atom stereocenters. The number of hydrogen-bond donors (Lipinski definition) is 3. The molecule has 1 aliphatic heterocycles. The molecule has 1 aliphatic carbocycles. The number of anilines is 3. The first kappa shape index (κ1) is 29.4. The van der Waals surface area contributed by atoms with Crippen molar-refractivity contribution in [3.05, 3.63) is 85.9 Å². The minimum absolute atomic E-state index is 0.0260. The van der Waals surface area contributed by atoms with Gasteiger partial charge in [-0.25, -0.2) is 19.7 Å². The zero-order chi connectivity index (χ0) is 30.5. The lowest BCUT2D eigenvalue weighted by molar-refractivity contribution is -0.798. The molecular formula is C29H31N6O6PS. The topological polar surface area (TPSA) is 166 Å². The smallest absolute Gasteiger partial charge is 0.357 e. The highest BCUT2D eigenvalue weighted by Crippen LogP contribution is 2.46. The second-order valence-corrected chi connectivity index (χ2v) is 14.2. The van der Waals surface area contributed by atoms with Gasteiger partial charge in [-0.3, -0.25) is 14.1 Å². The standard InChI is InChI=1S/C29H31N6O6PS/c1-29(2)12-20-19-8-10-35(28(37)26(19)43-24(20)13-29)23-6-4-5-18(21(23)15-41-42(39,40)33-38)17-11-22(27(36)34(3)14-17)32-25-7-9-30-16-31-25/h4-7,9,11,14,16,38H,8,10,12-13,15H2,1-3H3,(H,30,31,32)(H2,33,39,40). The highest BCUT2D eigenvalue weighted by molar-refractivity contribution is 7.43. The molecule has 12 nitrogen and oxygen atoms in total. The van der Waals surface area contributed by atoms with Gasteiger partial charge < -0.3 is 19.7 Å². The minimum Gasteiger partial charge on any atom is -0.728 e. The highest BCUT2D eigenvalue weighted by Gasteiger charge is 2.38. The molecule has 0 fully saturated rings. The summed E-state index contributed by atoms with van der Waals surface area (Å²) >= 11 is 1.56. The van der Waals surface area contributed by atoms with Crippen LogP contribution in [0.4, 0.5) is 17.2 Å². The molecular weight excluding hydrogens is 591 g/mol. The van der Waals surface area contributed by atoms with Gasteiger partial charge in [0.1, 0.15) is 17.8 Å². The maximum absolute atomic E-state index is 14.0. The van der Waals surface area contributed by atoms with E-state index in [4.69, 9.17) is 4.52 Å². The van der Waals surface area contributed by atoms with Crippen LogP contribution < -0.4 is 25.9 Å². The summed E-state index contributed by atoms with van der Waals surface area (Å²) < 4.78 is 18.8. The Bertz CT molecular complexity index is 1840. The predicted molar refractivity (Wildman–Crippen MR) is 159 cm³/mol. The number of carbonyl (C=O) groups is 1. The third-order valence-electron chi connectivity index (χ3n) is 7.83. The van der Waals surface area contributed by atoms with Crippen molar-refractivity contribution in [3.8, 4) is 11.1 Å². The predicted octanol–water partition coefficient (Wildman–Crippen LogP) is 2.91. The number of aromatic nitrogens is 3. The molecule has 2 aliphatic rings. The monoisotopic (exact) mass is 622 g/mol. The fraction of sp³-hybridized carbons (Fsp3) is 0.310. The van der Waals surface area contributed by atoms with E-state index in [2.05, 4.69) is 29.1 Å². The van der Waals surface area contributed by atoms with Crippen LogP contribution in [-0.4, -0.2) is 32.2 Å². The lowest BCUT2D eigenvalue weighted by atomic mass is 9.89. The van der Waals surface area contributed by atoms with Gasteiger partial charge in [-0.1, -0.05) is 26.0 Å². The van der Waals surface area contributed by atoms with E-state index in [9.17, 15) is 24.3 Å². The molecule has 0 radical (unpaired) electrons. The van der Waals surface area contributed by atoms with Crippen molar-refractivity contribution < 1.29 is 29.2 Å². The van der Waals surface area contributed by atoms with Gasteiger partial charge in [0, 0.05) is 42.0 Å². The summed E-state index contributed by atoms with van der Waals surface area (Å²) in [4.78, 5) is 50.8. The highest BCUT2D eigenvalue weighted by atomic mass is 32.1. The number of pyridine rings is 1. The largest absolute Gasteiger partial charge is 0.728 e. The van der Waals surface area contributed by atoms with Gasteiger partial charge in [-0.15, -0.1) is 11.3 Å². The Labute approximate surface area is 251 Å². The van der Waals surface area contributed by atoms with Crippen LogP contribution in [0.2, 0.25) is 0 Å². The summed E-state index contributed by atoms with van der Waals surface area (Å²) in [5, 5.41) is 12.3. The molecule has 43 heavy (non-hydrogen) atoms. The molecule has 0 spiro atoms. The number of quaternary nitrogens is 1. The molecule has 6 rings (SSSR count). The molecule has 1 amide bonds. The number of nitrogens with zero attached hydrogens (tertiary/aromatic N) is 4.